The van der Waals surface area contributed by atoms with Crippen LogP contribution in [0.3, 0.4) is 0 Å². The summed E-state index contributed by atoms with van der Waals surface area (Å²) < 4.78 is 26.6. The molecule has 0 fully saturated rings. The second-order valence-corrected chi connectivity index (χ2v) is 30.5. The van der Waals surface area contributed by atoms with E-state index in [1.54, 1.807) is 0 Å². The predicted octanol–water partition coefficient (Wildman–Crippen LogP) is 8.79. The average Bonchev–Trinajstić information content (AvgIpc) is 3.14. The molecule has 1 rings (SSSR count). The first kappa shape index (κ1) is 37.4. The highest BCUT2D eigenvalue weighted by Crippen LogP contribution is 2.43. The summed E-state index contributed by atoms with van der Waals surface area (Å²) in [6.07, 6.45) is 1.98. The van der Waals surface area contributed by atoms with Crippen LogP contribution in [0.5, 0.6) is 0 Å². The zero-order valence-electron chi connectivity index (χ0n) is 28.8. The minimum Gasteiger partial charge on any atom is -0.457 e. The molecule has 9 heteroatoms. The number of hydrogen-bond acceptors (Lipinski definition) is 6. The number of ketones is 1. The summed E-state index contributed by atoms with van der Waals surface area (Å²) in [5.74, 6) is -0.678. The fourth-order valence-electron chi connectivity index (χ4n) is 3.71. The van der Waals surface area contributed by atoms with Crippen molar-refractivity contribution in [2.24, 2.45) is 0 Å². The second-order valence-electron chi connectivity index (χ2n) is 16.1. The lowest BCUT2D eigenvalue weighted by atomic mass is 9.96. The topological polar surface area (TPSA) is 71.1 Å². The number of Topliss-reactive ketones (excluding diaryl/α,β-unsaturated/α-hetero) is 1. The van der Waals surface area contributed by atoms with Gasteiger partial charge in [0.05, 0.1) is 18.8 Å². The first-order valence-corrected chi connectivity index (χ1v) is 23.9. The lowest BCUT2D eigenvalue weighted by Gasteiger charge is -2.46. The van der Waals surface area contributed by atoms with Crippen LogP contribution >= 0.6 is 0 Å². The Morgan fingerprint density at radius 2 is 1.27 bits per heavy atom. The molecule has 2 atom stereocenters. The van der Waals surface area contributed by atoms with Crippen molar-refractivity contribution in [1.82, 2.24) is 0 Å². The Morgan fingerprint density at radius 3 is 1.73 bits per heavy atom. The zero-order valence-corrected chi connectivity index (χ0v) is 31.8. The molecular formula is C31H62O6Si3. The van der Waals surface area contributed by atoms with Crippen LogP contribution in [0.2, 0.25) is 54.4 Å². The van der Waals surface area contributed by atoms with E-state index in [0.29, 0.717) is 18.6 Å². The quantitative estimate of drug-likeness (QED) is 0.0843. The van der Waals surface area contributed by atoms with Gasteiger partial charge in [-0.25, -0.2) is 4.79 Å². The van der Waals surface area contributed by atoms with E-state index in [1.165, 1.54) is 0 Å². The highest BCUT2D eigenvalue weighted by Gasteiger charge is 2.49. The van der Waals surface area contributed by atoms with Gasteiger partial charge in [0.25, 0.3) is 0 Å². The molecule has 0 aliphatic carbocycles. The summed E-state index contributed by atoms with van der Waals surface area (Å²) in [6, 6.07) is 0. The van der Waals surface area contributed by atoms with Crippen molar-refractivity contribution in [3.63, 3.8) is 0 Å². The molecule has 0 aromatic rings. The normalized spacial score (nSPS) is 17.8. The number of cyclic esters (lactones) is 1. The molecule has 234 valence electrons. The molecule has 0 amide bonds. The lowest BCUT2D eigenvalue weighted by Crippen LogP contribution is -2.55. The van der Waals surface area contributed by atoms with Crippen molar-refractivity contribution in [2.45, 2.75) is 162 Å². The summed E-state index contributed by atoms with van der Waals surface area (Å²) in [7, 11) is -6.80. The number of unbranched alkanes of at least 4 members (excludes halogenated alkanes) is 2. The minimum atomic E-state index is -2.37. The van der Waals surface area contributed by atoms with Gasteiger partial charge in [0.15, 0.2) is 30.7 Å². The fraction of sp³-hybridized carbons (Fsp3) is 0.871. The Balaban J connectivity index is 3.80. The molecule has 0 N–H and O–H groups in total. The first-order chi connectivity index (χ1) is 17.8. The largest absolute Gasteiger partial charge is 0.457 e. The molecule has 0 radical (unpaired) electrons. The van der Waals surface area contributed by atoms with Gasteiger partial charge in [0.2, 0.25) is 0 Å². The van der Waals surface area contributed by atoms with Crippen LogP contribution in [-0.4, -0.2) is 62.1 Å². The summed E-state index contributed by atoms with van der Waals surface area (Å²) in [6.45, 7) is 35.8. The van der Waals surface area contributed by atoms with E-state index < -0.39 is 43.1 Å². The molecule has 0 saturated heterocycles. The van der Waals surface area contributed by atoms with Crippen molar-refractivity contribution < 1.29 is 27.6 Å². The van der Waals surface area contributed by atoms with Crippen LogP contribution < -0.4 is 0 Å². The van der Waals surface area contributed by atoms with Crippen LogP contribution in [0.15, 0.2) is 11.1 Å². The smallest absolute Gasteiger partial charge is 0.342 e. The van der Waals surface area contributed by atoms with Crippen LogP contribution in [0, 0.1) is 0 Å². The molecule has 40 heavy (non-hydrogen) atoms. The lowest BCUT2D eigenvalue weighted by molar-refractivity contribution is -0.137. The van der Waals surface area contributed by atoms with E-state index in [9.17, 15) is 9.59 Å². The molecule has 1 aliphatic rings. The summed E-state index contributed by atoms with van der Waals surface area (Å²) in [4.78, 5) is 26.5. The number of esters is 1. The van der Waals surface area contributed by atoms with Gasteiger partial charge in [-0.05, 0) is 60.8 Å². The van der Waals surface area contributed by atoms with Gasteiger partial charge < -0.3 is 18.0 Å². The highest BCUT2D eigenvalue weighted by molar-refractivity contribution is 6.75. The van der Waals surface area contributed by atoms with Gasteiger partial charge in [-0.2, -0.15) is 0 Å². The maximum Gasteiger partial charge on any atom is 0.342 e. The third-order valence-electron chi connectivity index (χ3n) is 9.75. The van der Waals surface area contributed by atoms with Crippen LogP contribution in [0.4, 0.5) is 0 Å². The minimum absolute atomic E-state index is 0.0242. The van der Waals surface area contributed by atoms with Crippen molar-refractivity contribution in [3.05, 3.63) is 11.1 Å². The molecule has 0 aromatic carbocycles. The third kappa shape index (κ3) is 9.46. The van der Waals surface area contributed by atoms with E-state index in [0.717, 1.165) is 19.3 Å². The van der Waals surface area contributed by atoms with Gasteiger partial charge in [0, 0.05) is 12.0 Å². The molecule has 1 heterocycles. The van der Waals surface area contributed by atoms with E-state index >= 15 is 0 Å². The number of rotatable bonds is 14. The Hall–Kier alpha value is -0.589. The molecule has 1 aliphatic heterocycles. The van der Waals surface area contributed by atoms with Crippen LogP contribution in [0.1, 0.15) is 94.9 Å². The average molecular weight is 615 g/mol. The maximum absolute atomic E-state index is 13.5. The molecule has 0 aromatic heterocycles. The molecule has 0 bridgehead atoms. The SMILES string of the molecule is CCCCCC(=O)C1=C([C@@H](O[Si](C)(C)C(C)(C)C)[C@@H](CO[Si](C)(C)C(C)(C)C)O[Si](C)(C)C(C)(C)C)COC1=O. The standard InChI is InChI=1S/C31H62O6Si3/c1-17-18-19-20-24(32)26-23(21-34-28(26)33)27(37-40(15,16)31(8,9)10)25(36-39(13,14)30(5,6)7)22-35-38(11,12)29(2,3)4/h25,27H,17-22H2,1-16H3/t25-,27-/m1/s1. The Kier molecular flexibility index (Phi) is 12.5. The van der Waals surface area contributed by atoms with Crippen LogP contribution in [0.25, 0.3) is 0 Å². The summed E-state index contributed by atoms with van der Waals surface area (Å²) >= 11 is 0. The van der Waals surface area contributed by atoms with E-state index in [4.69, 9.17) is 18.0 Å². The van der Waals surface area contributed by atoms with Gasteiger partial charge >= 0.3 is 5.97 Å². The zero-order chi connectivity index (χ0) is 31.5. The van der Waals surface area contributed by atoms with Gasteiger partial charge in [-0.1, -0.05) is 82.1 Å². The number of carbonyl (C=O) groups excluding carboxylic acids is 2. The van der Waals surface area contributed by atoms with Gasteiger partial charge in [-0.15, -0.1) is 0 Å². The fourth-order valence-corrected chi connectivity index (χ4v) is 7.31. The predicted molar refractivity (Wildman–Crippen MR) is 174 cm³/mol. The van der Waals surface area contributed by atoms with Crippen molar-refractivity contribution in [1.29, 1.82) is 0 Å². The maximum atomic E-state index is 13.5. The Bertz CT molecular complexity index is 917. The highest BCUT2D eigenvalue weighted by atomic mass is 28.4. The monoisotopic (exact) mass is 614 g/mol. The summed E-state index contributed by atoms with van der Waals surface area (Å²) in [5, 5.41) is -0.0995. The molecule has 0 spiro atoms. The van der Waals surface area contributed by atoms with E-state index in [-0.39, 0.29) is 33.1 Å². The van der Waals surface area contributed by atoms with Gasteiger partial charge in [-0.3, -0.25) is 4.79 Å². The molecule has 0 saturated carbocycles. The summed E-state index contributed by atoms with van der Waals surface area (Å²) in [5.41, 5.74) is 0.815. The Labute approximate surface area is 249 Å². The molecule has 0 unspecified atom stereocenters. The molecular weight excluding hydrogens is 553 g/mol. The number of ether oxygens (including phenoxy) is 1. The first-order valence-electron chi connectivity index (χ1n) is 15.2. The second kappa shape index (κ2) is 13.4. The van der Waals surface area contributed by atoms with Gasteiger partial charge in [0.1, 0.15) is 12.2 Å². The van der Waals surface area contributed by atoms with Crippen molar-refractivity contribution in [2.75, 3.05) is 13.2 Å². The third-order valence-corrected chi connectivity index (χ3v) is 23.2. The van der Waals surface area contributed by atoms with E-state index in [2.05, 4.69) is 109 Å². The van der Waals surface area contributed by atoms with Crippen molar-refractivity contribution in [3.8, 4) is 0 Å². The Morgan fingerprint density at radius 1 is 0.800 bits per heavy atom. The van der Waals surface area contributed by atoms with E-state index in [1.807, 2.05) is 0 Å². The molecule has 6 nitrogen and oxygen atoms in total. The number of hydrogen-bond donors (Lipinski definition) is 0. The van der Waals surface area contributed by atoms with Crippen LogP contribution in [-0.2, 0) is 27.6 Å². The van der Waals surface area contributed by atoms with Crippen molar-refractivity contribution >= 4 is 36.7 Å². The number of carbonyl (C=O) groups is 2.